The minimum Gasteiger partial charge on any atom is -0.428 e. The van der Waals surface area contributed by atoms with Gasteiger partial charge in [0.2, 0.25) is 0 Å². The summed E-state index contributed by atoms with van der Waals surface area (Å²) in [6.45, 7) is 0. The average Bonchev–Trinajstić information content (AvgIpc) is 2.94. The van der Waals surface area contributed by atoms with Gasteiger partial charge in [-0.2, -0.15) is 22.0 Å². The van der Waals surface area contributed by atoms with Crippen molar-refractivity contribution in [1.82, 2.24) is 14.5 Å². The molecule has 1 unspecified atom stereocenters. The van der Waals surface area contributed by atoms with E-state index in [9.17, 15) is 43.9 Å². The third-order valence-electron chi connectivity index (χ3n) is 3.85. The quantitative estimate of drug-likeness (QED) is 0.293. The summed E-state index contributed by atoms with van der Waals surface area (Å²) in [5.74, 6) is -2.44. The molecule has 0 N–H and O–H groups in total. The first-order valence-electron chi connectivity index (χ1n) is 8.39. The van der Waals surface area contributed by atoms with E-state index >= 15 is 0 Å². The molecule has 1 atom stereocenters. The molecule has 5 nitrogen and oxygen atoms in total. The fourth-order valence-electron chi connectivity index (χ4n) is 2.62. The van der Waals surface area contributed by atoms with Crippen LogP contribution in [0, 0.1) is 5.82 Å². The van der Waals surface area contributed by atoms with Crippen LogP contribution in [0.5, 0.6) is 5.75 Å². The SMILES string of the molecule is Cn1c(-c2ccc(OC(F)(F)C(F)OC(F)(F)F)cc2F)nc2cc(SC(F)(F)F)cnc21. The molecule has 0 radical (unpaired) electrons. The summed E-state index contributed by atoms with van der Waals surface area (Å²) in [5, 5.41) is 0. The van der Waals surface area contributed by atoms with Gasteiger partial charge in [0, 0.05) is 24.2 Å². The molecule has 0 aliphatic carbocycles. The lowest BCUT2D eigenvalue weighted by molar-refractivity contribution is -0.411. The first-order chi connectivity index (χ1) is 15.1. The molecule has 2 heterocycles. The number of fused-ring (bicyclic) bond motifs is 1. The zero-order valence-corrected chi connectivity index (χ0v) is 16.6. The van der Waals surface area contributed by atoms with Crippen molar-refractivity contribution in [2.45, 2.75) is 29.2 Å². The van der Waals surface area contributed by atoms with E-state index < -0.39 is 47.7 Å². The number of aromatic nitrogens is 3. The summed E-state index contributed by atoms with van der Waals surface area (Å²) < 4.78 is 136. The number of alkyl halides is 9. The molecule has 1 aromatic carbocycles. The standard InChI is InChI=1S/C17H9F10N3O2S/c1-30-12(29-11-5-8(6-28-13(11)30)33-17(25,26)27)9-3-2-7(4-10(9)18)31-15(20,21)14(19)32-16(22,23)24/h2-6,14H,1H3. The number of hydrogen-bond acceptors (Lipinski definition) is 5. The van der Waals surface area contributed by atoms with Crippen LogP contribution >= 0.6 is 11.8 Å². The van der Waals surface area contributed by atoms with Gasteiger partial charge in [0.25, 0.3) is 0 Å². The number of pyridine rings is 1. The lowest BCUT2D eigenvalue weighted by Crippen LogP contribution is -2.41. The van der Waals surface area contributed by atoms with Crippen LogP contribution in [0.3, 0.4) is 0 Å². The Labute approximate surface area is 181 Å². The van der Waals surface area contributed by atoms with Crippen molar-refractivity contribution in [3.8, 4) is 17.1 Å². The molecule has 0 spiro atoms. The summed E-state index contributed by atoms with van der Waals surface area (Å²) in [4.78, 5) is 7.55. The number of rotatable bonds is 6. The van der Waals surface area contributed by atoms with Gasteiger partial charge in [0.05, 0.1) is 5.56 Å². The molecular formula is C17H9F10N3O2S. The minimum atomic E-state index is -5.71. The van der Waals surface area contributed by atoms with Crippen LogP contribution in [0.2, 0.25) is 0 Å². The highest BCUT2D eigenvalue weighted by Crippen LogP contribution is 2.38. The Kier molecular flexibility index (Phi) is 6.45. The molecule has 0 saturated heterocycles. The monoisotopic (exact) mass is 509 g/mol. The van der Waals surface area contributed by atoms with Gasteiger partial charge < -0.3 is 9.30 Å². The van der Waals surface area contributed by atoms with Crippen molar-refractivity contribution in [2.24, 2.45) is 7.05 Å². The third-order valence-corrected chi connectivity index (χ3v) is 4.54. The van der Waals surface area contributed by atoms with Crippen LogP contribution in [0.15, 0.2) is 35.4 Å². The van der Waals surface area contributed by atoms with Crippen molar-refractivity contribution < 1.29 is 53.4 Å². The molecule has 2 aromatic heterocycles. The zero-order valence-electron chi connectivity index (χ0n) is 15.8. The van der Waals surface area contributed by atoms with Gasteiger partial charge in [-0.15, -0.1) is 13.2 Å². The van der Waals surface area contributed by atoms with Crippen molar-refractivity contribution in [2.75, 3.05) is 0 Å². The van der Waals surface area contributed by atoms with E-state index in [-0.39, 0.29) is 27.4 Å². The minimum absolute atomic E-state index is 0.0300. The van der Waals surface area contributed by atoms with Gasteiger partial charge in [0.1, 0.15) is 22.9 Å². The summed E-state index contributed by atoms with van der Waals surface area (Å²) in [5.41, 5.74) is -4.87. The van der Waals surface area contributed by atoms with Crippen molar-refractivity contribution in [3.05, 3.63) is 36.3 Å². The highest BCUT2D eigenvalue weighted by Gasteiger charge is 2.50. The molecule has 16 heteroatoms. The fourth-order valence-corrected chi connectivity index (χ4v) is 3.16. The summed E-state index contributed by atoms with van der Waals surface area (Å²) in [6, 6.07) is 2.94. The summed E-state index contributed by atoms with van der Waals surface area (Å²) in [6.07, 6.45) is -14.1. The van der Waals surface area contributed by atoms with Crippen molar-refractivity contribution in [1.29, 1.82) is 0 Å². The molecule has 0 saturated carbocycles. The molecule has 0 aliphatic rings. The van der Waals surface area contributed by atoms with Gasteiger partial charge >= 0.3 is 24.3 Å². The Morgan fingerprint density at radius 3 is 2.27 bits per heavy atom. The topological polar surface area (TPSA) is 49.2 Å². The van der Waals surface area contributed by atoms with E-state index in [1.807, 2.05) is 0 Å². The highest BCUT2D eigenvalue weighted by atomic mass is 32.2. The van der Waals surface area contributed by atoms with Gasteiger partial charge in [-0.05, 0) is 30.0 Å². The maximum Gasteiger partial charge on any atom is 0.525 e. The van der Waals surface area contributed by atoms with E-state index in [2.05, 4.69) is 19.4 Å². The largest absolute Gasteiger partial charge is 0.525 e. The third kappa shape index (κ3) is 5.98. The summed E-state index contributed by atoms with van der Waals surface area (Å²) >= 11 is -0.442. The van der Waals surface area contributed by atoms with E-state index in [0.29, 0.717) is 12.1 Å². The molecular weight excluding hydrogens is 500 g/mol. The maximum absolute atomic E-state index is 14.5. The van der Waals surface area contributed by atoms with Crippen LogP contribution < -0.4 is 4.74 Å². The first-order valence-corrected chi connectivity index (χ1v) is 9.21. The molecule has 0 fully saturated rings. The van der Waals surface area contributed by atoms with Gasteiger partial charge in [-0.3, -0.25) is 0 Å². The first kappa shape index (κ1) is 24.9. The Morgan fingerprint density at radius 2 is 1.70 bits per heavy atom. The number of aryl methyl sites for hydroxylation is 1. The summed E-state index contributed by atoms with van der Waals surface area (Å²) in [7, 11) is 1.36. The van der Waals surface area contributed by atoms with E-state index in [4.69, 9.17) is 0 Å². The lowest BCUT2D eigenvalue weighted by atomic mass is 10.2. The molecule has 0 bridgehead atoms. The molecule has 33 heavy (non-hydrogen) atoms. The Bertz CT molecular complexity index is 1160. The van der Waals surface area contributed by atoms with Crippen LogP contribution in [0.25, 0.3) is 22.6 Å². The van der Waals surface area contributed by atoms with Crippen LogP contribution in [0.4, 0.5) is 43.9 Å². The second kappa shape index (κ2) is 8.55. The number of thioether (sulfide) groups is 1. The predicted octanol–water partition coefficient (Wildman–Crippen LogP) is 6.19. The highest BCUT2D eigenvalue weighted by molar-refractivity contribution is 8.00. The van der Waals surface area contributed by atoms with Crippen molar-refractivity contribution >= 4 is 22.9 Å². The molecule has 0 amide bonds. The number of halogens is 10. The van der Waals surface area contributed by atoms with Crippen molar-refractivity contribution in [3.63, 3.8) is 0 Å². The predicted molar refractivity (Wildman–Crippen MR) is 93.4 cm³/mol. The fraction of sp³-hybridized carbons (Fsp3) is 0.294. The number of benzene rings is 1. The molecule has 3 rings (SSSR count). The normalized spacial score (nSPS) is 14.0. The van der Waals surface area contributed by atoms with Gasteiger partial charge in [0.15, 0.2) is 5.65 Å². The molecule has 3 aromatic rings. The number of ether oxygens (including phenoxy) is 2. The van der Waals surface area contributed by atoms with Gasteiger partial charge in [-0.25, -0.2) is 23.5 Å². The van der Waals surface area contributed by atoms with Crippen LogP contribution in [-0.4, -0.2) is 38.9 Å². The van der Waals surface area contributed by atoms with E-state index in [1.165, 1.54) is 11.6 Å². The van der Waals surface area contributed by atoms with Crippen LogP contribution in [0.1, 0.15) is 0 Å². The smallest absolute Gasteiger partial charge is 0.428 e. The Morgan fingerprint density at radius 1 is 1.03 bits per heavy atom. The molecule has 180 valence electrons. The number of hydrogen-bond donors (Lipinski definition) is 0. The zero-order chi connectivity index (χ0) is 24.8. The average molecular weight is 509 g/mol. The number of imidazole rings is 1. The molecule has 0 aliphatic heterocycles. The number of nitrogens with zero attached hydrogens (tertiary/aromatic N) is 3. The Balaban J connectivity index is 1.88. The lowest BCUT2D eigenvalue weighted by Gasteiger charge is -2.22. The maximum atomic E-state index is 14.5. The second-order valence-corrected chi connectivity index (χ2v) is 7.38. The van der Waals surface area contributed by atoms with E-state index in [0.717, 1.165) is 18.3 Å². The van der Waals surface area contributed by atoms with Gasteiger partial charge in [-0.1, -0.05) is 0 Å². The second-order valence-electron chi connectivity index (χ2n) is 6.24. The van der Waals surface area contributed by atoms with Crippen LogP contribution in [-0.2, 0) is 11.8 Å². The Hall–Kier alpha value is -2.75. The van der Waals surface area contributed by atoms with E-state index in [1.54, 1.807) is 0 Å².